The van der Waals surface area contributed by atoms with Gasteiger partial charge in [-0.25, -0.2) is 4.79 Å². The van der Waals surface area contributed by atoms with Crippen LogP contribution in [0.4, 0.5) is 0 Å². The molecule has 0 aromatic heterocycles. The fourth-order valence-corrected chi connectivity index (χ4v) is 3.07. The zero-order valence-electron chi connectivity index (χ0n) is 17.1. The van der Waals surface area contributed by atoms with Crippen LogP contribution in [0.5, 0.6) is 5.75 Å². The number of hydrogen-bond acceptors (Lipinski definition) is 4. The standard InChI is InChI=1S/C23H30O3S/c1-22(2,3)16-13-18(21(25)26-11-12-27)20(19(14-16)23(4,5)6)15-7-9-17(24)10-8-15/h7-10,13-14,24,27H,11-12H2,1-6H3. The van der Waals surface area contributed by atoms with Crippen molar-refractivity contribution in [1.82, 2.24) is 0 Å². The summed E-state index contributed by atoms with van der Waals surface area (Å²) < 4.78 is 5.43. The van der Waals surface area contributed by atoms with Crippen LogP contribution in [-0.4, -0.2) is 23.4 Å². The quantitative estimate of drug-likeness (QED) is 0.520. The molecule has 1 N–H and O–H groups in total. The van der Waals surface area contributed by atoms with Crippen LogP contribution in [-0.2, 0) is 15.6 Å². The van der Waals surface area contributed by atoms with Crippen molar-refractivity contribution in [2.75, 3.05) is 12.4 Å². The Bertz CT molecular complexity index is 809. The van der Waals surface area contributed by atoms with Crippen LogP contribution in [0.2, 0.25) is 0 Å². The molecule has 0 atom stereocenters. The maximum Gasteiger partial charge on any atom is 0.338 e. The monoisotopic (exact) mass is 386 g/mol. The number of aromatic hydroxyl groups is 1. The number of hydrogen-bond donors (Lipinski definition) is 2. The van der Waals surface area contributed by atoms with Crippen LogP contribution < -0.4 is 0 Å². The van der Waals surface area contributed by atoms with E-state index >= 15 is 0 Å². The SMILES string of the molecule is CC(C)(C)c1cc(C(=O)OCCS)c(-c2ccc(O)cc2)c(C(C)(C)C)c1. The second kappa shape index (κ2) is 7.97. The lowest BCUT2D eigenvalue weighted by molar-refractivity contribution is 0.0531. The number of phenols is 1. The van der Waals surface area contributed by atoms with E-state index in [0.29, 0.717) is 11.3 Å². The average Bonchev–Trinajstić information content (AvgIpc) is 2.57. The largest absolute Gasteiger partial charge is 0.508 e. The molecule has 2 aromatic carbocycles. The summed E-state index contributed by atoms with van der Waals surface area (Å²) in [6.07, 6.45) is 0. The number of esters is 1. The number of thiol groups is 1. The second-order valence-electron chi connectivity index (χ2n) is 8.85. The van der Waals surface area contributed by atoms with Gasteiger partial charge in [-0.3, -0.25) is 0 Å². The molecule has 0 aliphatic heterocycles. The minimum atomic E-state index is -0.344. The van der Waals surface area contributed by atoms with E-state index in [1.54, 1.807) is 12.1 Å². The molecular formula is C23H30O3S. The van der Waals surface area contributed by atoms with Gasteiger partial charge in [0.05, 0.1) is 5.56 Å². The van der Waals surface area contributed by atoms with Gasteiger partial charge in [0.2, 0.25) is 0 Å². The first-order valence-electron chi connectivity index (χ1n) is 9.21. The highest BCUT2D eigenvalue weighted by Crippen LogP contribution is 2.40. The van der Waals surface area contributed by atoms with Crippen molar-refractivity contribution in [3.63, 3.8) is 0 Å². The number of ether oxygens (including phenoxy) is 1. The van der Waals surface area contributed by atoms with Crippen LogP contribution in [0.25, 0.3) is 11.1 Å². The summed E-state index contributed by atoms with van der Waals surface area (Å²) in [5, 5.41) is 9.68. The number of carbonyl (C=O) groups is 1. The number of benzene rings is 2. The molecule has 0 spiro atoms. The molecule has 2 aromatic rings. The number of rotatable bonds is 4. The first-order chi connectivity index (χ1) is 12.4. The van der Waals surface area contributed by atoms with Crippen molar-refractivity contribution in [3.05, 3.63) is 53.1 Å². The van der Waals surface area contributed by atoms with Gasteiger partial charge in [-0.2, -0.15) is 12.6 Å². The van der Waals surface area contributed by atoms with Gasteiger partial charge in [-0.05, 0) is 51.3 Å². The van der Waals surface area contributed by atoms with E-state index in [9.17, 15) is 9.90 Å². The van der Waals surface area contributed by atoms with E-state index in [1.165, 1.54) is 0 Å². The van der Waals surface area contributed by atoms with Crippen molar-refractivity contribution in [1.29, 1.82) is 0 Å². The molecule has 0 bridgehead atoms. The molecule has 0 saturated carbocycles. The van der Waals surface area contributed by atoms with E-state index in [4.69, 9.17) is 4.74 Å². The van der Waals surface area contributed by atoms with Crippen LogP contribution in [0.3, 0.4) is 0 Å². The van der Waals surface area contributed by atoms with Crippen molar-refractivity contribution >= 4 is 18.6 Å². The molecule has 0 heterocycles. The molecule has 0 fully saturated rings. The molecule has 3 nitrogen and oxygen atoms in total. The molecule has 4 heteroatoms. The van der Waals surface area contributed by atoms with Gasteiger partial charge in [0.25, 0.3) is 0 Å². The Morgan fingerprint density at radius 3 is 2.07 bits per heavy atom. The van der Waals surface area contributed by atoms with Crippen LogP contribution >= 0.6 is 12.6 Å². The van der Waals surface area contributed by atoms with Gasteiger partial charge in [-0.1, -0.05) is 59.7 Å². The van der Waals surface area contributed by atoms with Crippen molar-refractivity contribution in [3.8, 4) is 16.9 Å². The highest BCUT2D eigenvalue weighted by Gasteiger charge is 2.28. The van der Waals surface area contributed by atoms with Crippen molar-refractivity contribution < 1.29 is 14.6 Å². The Labute approximate surface area is 168 Å². The fourth-order valence-electron chi connectivity index (χ4n) is 2.98. The smallest absolute Gasteiger partial charge is 0.338 e. The van der Waals surface area contributed by atoms with Gasteiger partial charge in [0.1, 0.15) is 12.4 Å². The maximum absolute atomic E-state index is 12.9. The van der Waals surface area contributed by atoms with Gasteiger partial charge < -0.3 is 9.84 Å². The Balaban J connectivity index is 2.83. The summed E-state index contributed by atoms with van der Waals surface area (Å²) in [6.45, 7) is 13.1. The lowest BCUT2D eigenvalue weighted by atomic mass is 9.75. The molecule has 27 heavy (non-hydrogen) atoms. The van der Waals surface area contributed by atoms with Gasteiger partial charge in [-0.15, -0.1) is 0 Å². The van der Waals surface area contributed by atoms with Gasteiger partial charge in [0, 0.05) is 5.75 Å². The van der Waals surface area contributed by atoms with E-state index in [2.05, 4.69) is 60.2 Å². The lowest BCUT2D eigenvalue weighted by Gasteiger charge is -2.29. The van der Waals surface area contributed by atoms with Crippen LogP contribution in [0.1, 0.15) is 63.0 Å². The van der Waals surface area contributed by atoms with E-state index in [0.717, 1.165) is 22.3 Å². The minimum absolute atomic E-state index is 0.105. The predicted molar refractivity (Wildman–Crippen MR) is 115 cm³/mol. The molecule has 0 saturated heterocycles. The molecule has 146 valence electrons. The molecule has 0 aliphatic rings. The summed E-state index contributed by atoms with van der Waals surface area (Å²) in [7, 11) is 0. The summed E-state index contributed by atoms with van der Waals surface area (Å²) in [5.74, 6) is 0.330. The third-order valence-electron chi connectivity index (χ3n) is 4.51. The normalized spacial score (nSPS) is 12.1. The van der Waals surface area contributed by atoms with Gasteiger partial charge in [0.15, 0.2) is 0 Å². The molecule has 0 radical (unpaired) electrons. The van der Waals surface area contributed by atoms with Crippen LogP contribution in [0.15, 0.2) is 36.4 Å². The Morgan fingerprint density at radius 2 is 1.59 bits per heavy atom. The Hall–Kier alpha value is -1.94. The van der Waals surface area contributed by atoms with Crippen LogP contribution in [0, 0.1) is 0 Å². The van der Waals surface area contributed by atoms with E-state index in [-0.39, 0.29) is 29.2 Å². The first kappa shape index (κ1) is 21.4. The van der Waals surface area contributed by atoms with Crippen molar-refractivity contribution in [2.45, 2.75) is 52.4 Å². The highest BCUT2D eigenvalue weighted by atomic mass is 32.1. The van der Waals surface area contributed by atoms with E-state index in [1.807, 2.05) is 18.2 Å². The minimum Gasteiger partial charge on any atom is -0.508 e. The molecule has 0 aliphatic carbocycles. The second-order valence-corrected chi connectivity index (χ2v) is 9.30. The first-order valence-corrected chi connectivity index (χ1v) is 9.85. The molecular weight excluding hydrogens is 356 g/mol. The summed E-state index contributed by atoms with van der Waals surface area (Å²) >= 11 is 4.14. The number of phenolic OH excluding ortho intramolecular Hbond substituents is 1. The fraction of sp³-hybridized carbons (Fsp3) is 0.435. The van der Waals surface area contributed by atoms with Gasteiger partial charge >= 0.3 is 5.97 Å². The molecule has 2 rings (SSSR count). The maximum atomic E-state index is 12.9. The highest BCUT2D eigenvalue weighted by molar-refractivity contribution is 7.80. The summed E-state index contributed by atoms with van der Waals surface area (Å²) in [6, 6.07) is 11.1. The molecule has 0 unspecified atom stereocenters. The zero-order chi connectivity index (χ0) is 20.4. The predicted octanol–water partition coefficient (Wildman–Crippen LogP) is 5.74. The van der Waals surface area contributed by atoms with Crippen molar-refractivity contribution in [2.24, 2.45) is 0 Å². The Kier molecular flexibility index (Phi) is 6.31. The topological polar surface area (TPSA) is 46.5 Å². The Morgan fingerprint density at radius 1 is 1.00 bits per heavy atom. The molecule has 0 amide bonds. The summed E-state index contributed by atoms with van der Waals surface area (Å²) in [4.78, 5) is 12.9. The summed E-state index contributed by atoms with van der Waals surface area (Å²) in [5.41, 5.74) is 4.20. The average molecular weight is 387 g/mol. The third kappa shape index (κ3) is 5.07. The zero-order valence-corrected chi connectivity index (χ0v) is 18.0. The lowest BCUT2D eigenvalue weighted by Crippen LogP contribution is -2.21. The van der Waals surface area contributed by atoms with E-state index < -0.39 is 0 Å². The number of carbonyl (C=O) groups excluding carboxylic acids is 1. The third-order valence-corrected chi connectivity index (χ3v) is 4.70.